The van der Waals surface area contributed by atoms with Gasteiger partial charge in [-0.15, -0.1) is 11.3 Å². The summed E-state index contributed by atoms with van der Waals surface area (Å²) in [6.07, 6.45) is 1.01. The fourth-order valence-corrected chi connectivity index (χ4v) is 4.44. The van der Waals surface area contributed by atoms with E-state index in [0.717, 1.165) is 36.6 Å². The monoisotopic (exact) mass is 422 g/mol. The van der Waals surface area contributed by atoms with Crippen molar-refractivity contribution in [1.29, 1.82) is 0 Å². The van der Waals surface area contributed by atoms with Crippen LogP contribution in [0.5, 0.6) is 0 Å². The number of carbonyl (C=O) groups is 1. The summed E-state index contributed by atoms with van der Waals surface area (Å²) in [5.74, 6) is -0.0457. The molecule has 6 nitrogen and oxygen atoms in total. The maximum atomic E-state index is 13.0. The van der Waals surface area contributed by atoms with Crippen LogP contribution in [-0.4, -0.2) is 58.2 Å². The van der Waals surface area contributed by atoms with Crippen LogP contribution in [0.1, 0.15) is 18.5 Å². The number of carbonyl (C=O) groups excluding carboxylic acids is 1. The van der Waals surface area contributed by atoms with E-state index in [-0.39, 0.29) is 11.5 Å². The van der Waals surface area contributed by atoms with E-state index in [1.54, 1.807) is 24.3 Å². The second-order valence-electron chi connectivity index (χ2n) is 7.56. The van der Waals surface area contributed by atoms with E-state index in [2.05, 4.69) is 34.3 Å². The molecule has 0 spiro atoms. The molecule has 1 saturated heterocycles. The van der Waals surface area contributed by atoms with E-state index in [1.165, 1.54) is 16.3 Å². The van der Waals surface area contributed by atoms with Crippen LogP contribution in [0.4, 0.5) is 0 Å². The quantitative estimate of drug-likeness (QED) is 0.613. The third kappa shape index (κ3) is 4.68. The Labute approximate surface area is 180 Å². The van der Waals surface area contributed by atoms with Gasteiger partial charge in [0, 0.05) is 38.8 Å². The molecule has 2 aromatic heterocycles. The summed E-state index contributed by atoms with van der Waals surface area (Å²) in [7, 11) is 0. The molecule has 0 N–H and O–H groups in total. The summed E-state index contributed by atoms with van der Waals surface area (Å²) in [5.41, 5.74) is 1.80. The minimum absolute atomic E-state index is 0.0457. The molecule has 0 bridgehead atoms. The average Bonchev–Trinajstić information content (AvgIpc) is 3.33. The number of rotatable bonds is 6. The summed E-state index contributed by atoms with van der Waals surface area (Å²) in [6, 6.07) is 17.0. The summed E-state index contributed by atoms with van der Waals surface area (Å²) in [5, 5.41) is 6.44. The van der Waals surface area contributed by atoms with E-state index in [1.807, 2.05) is 28.5 Å². The maximum Gasteiger partial charge on any atom is 0.267 e. The molecule has 0 aliphatic carbocycles. The van der Waals surface area contributed by atoms with Crippen molar-refractivity contribution in [2.45, 2.75) is 19.4 Å². The van der Waals surface area contributed by atoms with Gasteiger partial charge in [-0.1, -0.05) is 36.4 Å². The predicted octanol–water partition coefficient (Wildman–Crippen LogP) is 2.92. The van der Waals surface area contributed by atoms with Crippen molar-refractivity contribution < 1.29 is 4.79 Å². The van der Waals surface area contributed by atoms with Crippen molar-refractivity contribution >= 4 is 17.2 Å². The van der Waals surface area contributed by atoms with E-state index in [9.17, 15) is 9.59 Å². The Balaban J connectivity index is 1.36. The largest absolute Gasteiger partial charge is 0.338 e. The highest BCUT2D eigenvalue weighted by molar-refractivity contribution is 7.13. The van der Waals surface area contributed by atoms with Crippen LogP contribution in [0.2, 0.25) is 0 Å². The number of nitrogens with zero attached hydrogens (tertiary/aromatic N) is 4. The van der Waals surface area contributed by atoms with Crippen LogP contribution >= 0.6 is 11.3 Å². The highest BCUT2D eigenvalue weighted by Crippen LogP contribution is 2.22. The van der Waals surface area contributed by atoms with Crippen molar-refractivity contribution in [2.75, 3.05) is 32.7 Å². The zero-order chi connectivity index (χ0) is 20.9. The molecule has 1 aromatic carbocycles. The van der Waals surface area contributed by atoms with Crippen molar-refractivity contribution in [2.24, 2.45) is 0 Å². The van der Waals surface area contributed by atoms with Crippen LogP contribution in [0, 0.1) is 0 Å². The molecular formula is C23H26N4O2S. The molecule has 1 atom stereocenters. The molecule has 0 saturated carbocycles. The molecule has 3 aromatic rings. The highest BCUT2D eigenvalue weighted by Gasteiger charge is 2.27. The van der Waals surface area contributed by atoms with Gasteiger partial charge in [-0.2, -0.15) is 5.10 Å². The fraction of sp³-hybridized carbons (Fsp3) is 0.348. The first kappa shape index (κ1) is 20.5. The summed E-state index contributed by atoms with van der Waals surface area (Å²) >= 11 is 1.56. The zero-order valence-electron chi connectivity index (χ0n) is 17.1. The first-order valence-electron chi connectivity index (χ1n) is 10.3. The van der Waals surface area contributed by atoms with E-state index < -0.39 is 6.04 Å². The number of hydrogen-bond donors (Lipinski definition) is 0. The molecule has 1 amide bonds. The lowest BCUT2D eigenvalue weighted by molar-refractivity contribution is -0.136. The van der Waals surface area contributed by atoms with Crippen molar-refractivity contribution in [1.82, 2.24) is 19.6 Å². The maximum absolute atomic E-state index is 13.0. The van der Waals surface area contributed by atoms with Crippen LogP contribution in [0.25, 0.3) is 10.6 Å². The topological polar surface area (TPSA) is 58.4 Å². The van der Waals surface area contributed by atoms with Gasteiger partial charge >= 0.3 is 0 Å². The minimum Gasteiger partial charge on any atom is -0.338 e. The number of thiophene rings is 1. The van der Waals surface area contributed by atoms with Gasteiger partial charge in [0.2, 0.25) is 5.91 Å². The van der Waals surface area contributed by atoms with Gasteiger partial charge in [0.15, 0.2) is 0 Å². The van der Waals surface area contributed by atoms with Gasteiger partial charge in [-0.05, 0) is 36.4 Å². The van der Waals surface area contributed by atoms with Gasteiger partial charge in [-0.3, -0.25) is 14.5 Å². The summed E-state index contributed by atoms with van der Waals surface area (Å²) in [4.78, 5) is 30.6. The Morgan fingerprint density at radius 3 is 2.50 bits per heavy atom. The molecule has 7 heteroatoms. The van der Waals surface area contributed by atoms with Crippen molar-refractivity contribution in [3.05, 3.63) is 75.9 Å². The molecular weight excluding hydrogens is 396 g/mol. The molecule has 30 heavy (non-hydrogen) atoms. The lowest BCUT2D eigenvalue weighted by Gasteiger charge is -2.36. The molecule has 1 unspecified atom stereocenters. The average molecular weight is 423 g/mol. The van der Waals surface area contributed by atoms with Crippen LogP contribution in [0.15, 0.2) is 64.8 Å². The summed E-state index contributed by atoms with van der Waals surface area (Å²) in [6.45, 7) is 5.81. The Hall–Kier alpha value is -2.77. The third-order valence-electron chi connectivity index (χ3n) is 5.57. The van der Waals surface area contributed by atoms with Gasteiger partial charge in [-0.25, -0.2) is 4.68 Å². The zero-order valence-corrected chi connectivity index (χ0v) is 17.9. The lowest BCUT2D eigenvalue weighted by Crippen LogP contribution is -2.51. The Kier molecular flexibility index (Phi) is 6.40. The SMILES string of the molecule is CC(C(=O)N1CCN(CCc2ccccc2)CC1)n1nc(-c2cccs2)ccc1=O. The Morgan fingerprint density at radius 2 is 1.80 bits per heavy atom. The standard InChI is InChI=1S/C23H26N4O2S/c1-18(27-22(28)10-9-20(24-27)21-8-5-17-30-21)23(29)26-15-13-25(14-16-26)12-11-19-6-3-2-4-7-19/h2-10,17-18H,11-16H2,1H3. The summed E-state index contributed by atoms with van der Waals surface area (Å²) < 4.78 is 1.32. The minimum atomic E-state index is -0.617. The number of benzene rings is 1. The second-order valence-corrected chi connectivity index (χ2v) is 8.50. The number of piperazine rings is 1. The van der Waals surface area contributed by atoms with Gasteiger partial charge in [0.1, 0.15) is 11.7 Å². The highest BCUT2D eigenvalue weighted by atomic mass is 32.1. The van der Waals surface area contributed by atoms with Gasteiger partial charge in [0.25, 0.3) is 5.56 Å². The van der Waals surface area contributed by atoms with Crippen LogP contribution in [0.3, 0.4) is 0 Å². The van der Waals surface area contributed by atoms with E-state index >= 15 is 0 Å². The smallest absolute Gasteiger partial charge is 0.267 e. The molecule has 156 valence electrons. The third-order valence-corrected chi connectivity index (χ3v) is 6.46. The predicted molar refractivity (Wildman–Crippen MR) is 120 cm³/mol. The first-order chi connectivity index (χ1) is 14.6. The van der Waals surface area contributed by atoms with Gasteiger partial charge < -0.3 is 4.90 Å². The molecule has 1 fully saturated rings. The van der Waals surface area contributed by atoms with Crippen molar-refractivity contribution in [3.63, 3.8) is 0 Å². The fourth-order valence-electron chi connectivity index (χ4n) is 3.75. The Bertz CT molecular complexity index is 1020. The number of hydrogen-bond acceptors (Lipinski definition) is 5. The van der Waals surface area contributed by atoms with Crippen LogP contribution < -0.4 is 5.56 Å². The normalized spacial score (nSPS) is 15.8. The molecule has 1 aliphatic rings. The molecule has 0 radical (unpaired) electrons. The van der Waals surface area contributed by atoms with E-state index in [4.69, 9.17) is 0 Å². The van der Waals surface area contributed by atoms with E-state index in [0.29, 0.717) is 13.1 Å². The molecule has 3 heterocycles. The van der Waals surface area contributed by atoms with Crippen molar-refractivity contribution in [3.8, 4) is 10.6 Å². The number of amides is 1. The number of aromatic nitrogens is 2. The van der Waals surface area contributed by atoms with Crippen LogP contribution in [-0.2, 0) is 11.2 Å². The molecule has 4 rings (SSSR count). The van der Waals surface area contributed by atoms with Gasteiger partial charge in [0.05, 0.1) is 4.88 Å². The second kappa shape index (κ2) is 9.36. The Morgan fingerprint density at radius 1 is 1.03 bits per heavy atom. The molecule has 1 aliphatic heterocycles. The first-order valence-corrected chi connectivity index (χ1v) is 11.2. The lowest BCUT2D eigenvalue weighted by atomic mass is 10.1.